The number of amides is 1. The largest absolute Gasteiger partial charge is 0.371 e. The molecule has 1 aromatic carbocycles. The van der Waals surface area contributed by atoms with Crippen LogP contribution in [0.5, 0.6) is 0 Å². The molecule has 1 aliphatic heterocycles. The Morgan fingerprint density at radius 3 is 2.64 bits per heavy atom. The molecule has 0 radical (unpaired) electrons. The number of halogens is 1. The van der Waals surface area contributed by atoms with Crippen molar-refractivity contribution in [3.63, 3.8) is 0 Å². The van der Waals surface area contributed by atoms with E-state index < -0.39 is 0 Å². The molecule has 0 N–H and O–H groups in total. The molecule has 0 bridgehead atoms. The molecule has 0 spiro atoms. The van der Waals surface area contributed by atoms with Gasteiger partial charge in [0.25, 0.3) is 0 Å². The summed E-state index contributed by atoms with van der Waals surface area (Å²) in [6.07, 6.45) is 4.76. The van der Waals surface area contributed by atoms with Crippen LogP contribution in [0.25, 0.3) is 0 Å². The zero-order chi connectivity index (χ0) is 17.4. The summed E-state index contributed by atoms with van der Waals surface area (Å²) in [5.74, 6) is 0.739. The molecule has 1 amide bonds. The predicted octanol–water partition coefficient (Wildman–Crippen LogP) is 2.99. The Labute approximate surface area is 148 Å². The molecule has 25 heavy (non-hydrogen) atoms. The van der Waals surface area contributed by atoms with E-state index in [0.29, 0.717) is 37.7 Å². The minimum Gasteiger partial charge on any atom is -0.371 e. The number of morpholine rings is 1. The van der Waals surface area contributed by atoms with E-state index in [1.54, 1.807) is 12.1 Å². The standard InChI is InChI=1S/C20H27FN2O2/c1-14(15-2-3-15)23(18-8-9-18)20(24)13-22-10-11-25-19(12-22)16-4-6-17(21)7-5-16/h4-7,14-15,18-19H,2-3,8-13H2,1H3/t14-,19+/m1/s1. The molecule has 4 nitrogen and oxygen atoms in total. The highest BCUT2D eigenvalue weighted by atomic mass is 19.1. The van der Waals surface area contributed by atoms with Gasteiger partial charge in [-0.3, -0.25) is 9.69 Å². The second-order valence-corrected chi connectivity index (χ2v) is 7.76. The topological polar surface area (TPSA) is 32.8 Å². The first-order chi connectivity index (χ1) is 12.1. The quantitative estimate of drug-likeness (QED) is 0.794. The summed E-state index contributed by atoms with van der Waals surface area (Å²) in [6, 6.07) is 7.34. The van der Waals surface area contributed by atoms with Gasteiger partial charge in [-0.1, -0.05) is 12.1 Å². The fraction of sp³-hybridized carbons (Fsp3) is 0.650. The minimum absolute atomic E-state index is 0.0858. The van der Waals surface area contributed by atoms with Crippen LogP contribution in [0.15, 0.2) is 24.3 Å². The van der Waals surface area contributed by atoms with Crippen molar-refractivity contribution < 1.29 is 13.9 Å². The molecule has 3 aliphatic rings. The van der Waals surface area contributed by atoms with Gasteiger partial charge in [-0.25, -0.2) is 4.39 Å². The van der Waals surface area contributed by atoms with Gasteiger partial charge in [0.1, 0.15) is 5.82 Å². The predicted molar refractivity (Wildman–Crippen MR) is 93.6 cm³/mol. The normalized spacial score (nSPS) is 25.6. The van der Waals surface area contributed by atoms with Crippen LogP contribution in [0, 0.1) is 11.7 Å². The summed E-state index contributed by atoms with van der Waals surface area (Å²) in [4.78, 5) is 17.3. The van der Waals surface area contributed by atoms with Gasteiger partial charge in [-0.05, 0) is 56.2 Å². The monoisotopic (exact) mass is 346 g/mol. The molecule has 2 saturated carbocycles. The molecule has 2 aliphatic carbocycles. The van der Waals surface area contributed by atoms with E-state index >= 15 is 0 Å². The van der Waals surface area contributed by atoms with Crippen molar-refractivity contribution in [1.82, 2.24) is 9.80 Å². The first-order valence-corrected chi connectivity index (χ1v) is 9.52. The van der Waals surface area contributed by atoms with Gasteiger partial charge in [0.2, 0.25) is 5.91 Å². The number of carbonyl (C=O) groups is 1. The van der Waals surface area contributed by atoms with Crippen molar-refractivity contribution in [1.29, 1.82) is 0 Å². The molecule has 0 aromatic heterocycles. The fourth-order valence-corrected chi connectivity index (χ4v) is 3.92. The molecule has 1 aromatic rings. The van der Waals surface area contributed by atoms with Crippen molar-refractivity contribution in [2.75, 3.05) is 26.2 Å². The second kappa shape index (κ2) is 7.04. The summed E-state index contributed by atoms with van der Waals surface area (Å²) in [5.41, 5.74) is 0.976. The molecular weight excluding hydrogens is 319 g/mol. The zero-order valence-electron chi connectivity index (χ0n) is 14.9. The lowest BCUT2D eigenvalue weighted by Gasteiger charge is -2.36. The lowest BCUT2D eigenvalue weighted by atomic mass is 10.1. The van der Waals surface area contributed by atoms with Gasteiger partial charge in [0.05, 0.1) is 19.3 Å². The average Bonchev–Trinajstić information content (AvgIpc) is 3.48. The Morgan fingerprint density at radius 2 is 2.00 bits per heavy atom. The third-order valence-corrected chi connectivity index (χ3v) is 5.72. The third-order valence-electron chi connectivity index (χ3n) is 5.72. The van der Waals surface area contributed by atoms with Crippen molar-refractivity contribution in [3.8, 4) is 0 Å². The Balaban J connectivity index is 1.37. The Hall–Kier alpha value is -1.46. The second-order valence-electron chi connectivity index (χ2n) is 7.76. The van der Waals surface area contributed by atoms with E-state index in [0.717, 1.165) is 24.9 Å². The van der Waals surface area contributed by atoms with Crippen LogP contribution in [-0.4, -0.2) is 54.0 Å². The summed E-state index contributed by atoms with van der Waals surface area (Å²) < 4.78 is 19.0. The van der Waals surface area contributed by atoms with Crippen molar-refractivity contribution in [2.45, 2.75) is 50.8 Å². The number of nitrogens with zero attached hydrogens (tertiary/aromatic N) is 2. The molecule has 5 heteroatoms. The van der Waals surface area contributed by atoms with Crippen LogP contribution < -0.4 is 0 Å². The number of carbonyl (C=O) groups excluding carboxylic acids is 1. The van der Waals surface area contributed by atoms with E-state index in [9.17, 15) is 9.18 Å². The maximum atomic E-state index is 13.1. The highest BCUT2D eigenvalue weighted by Crippen LogP contribution is 2.39. The summed E-state index contributed by atoms with van der Waals surface area (Å²) in [6.45, 7) is 4.76. The lowest BCUT2D eigenvalue weighted by Crippen LogP contribution is -2.49. The minimum atomic E-state index is -0.235. The molecule has 4 rings (SSSR count). The van der Waals surface area contributed by atoms with E-state index in [2.05, 4.69) is 16.7 Å². The van der Waals surface area contributed by atoms with Crippen LogP contribution in [0.3, 0.4) is 0 Å². The number of ether oxygens (including phenoxy) is 1. The van der Waals surface area contributed by atoms with Crippen LogP contribution in [0.2, 0.25) is 0 Å². The summed E-state index contributed by atoms with van der Waals surface area (Å²) in [5, 5.41) is 0. The van der Waals surface area contributed by atoms with Crippen LogP contribution in [0.4, 0.5) is 4.39 Å². The number of hydrogen-bond acceptors (Lipinski definition) is 3. The molecule has 1 heterocycles. The molecule has 3 fully saturated rings. The Morgan fingerprint density at radius 1 is 1.28 bits per heavy atom. The van der Waals surface area contributed by atoms with Crippen molar-refractivity contribution in [3.05, 3.63) is 35.6 Å². The smallest absolute Gasteiger partial charge is 0.237 e. The van der Waals surface area contributed by atoms with Crippen LogP contribution >= 0.6 is 0 Å². The molecule has 136 valence electrons. The SMILES string of the molecule is C[C@H](C1CC1)N(C(=O)CN1CCO[C@H](c2ccc(F)cc2)C1)C1CC1. The van der Waals surface area contributed by atoms with E-state index in [1.165, 1.54) is 25.0 Å². The summed E-state index contributed by atoms with van der Waals surface area (Å²) >= 11 is 0. The van der Waals surface area contributed by atoms with Gasteiger partial charge in [-0.15, -0.1) is 0 Å². The Kier molecular flexibility index (Phi) is 4.78. The van der Waals surface area contributed by atoms with Gasteiger partial charge in [0, 0.05) is 25.2 Å². The maximum absolute atomic E-state index is 13.1. The number of rotatable bonds is 6. The van der Waals surface area contributed by atoms with Crippen molar-refractivity contribution >= 4 is 5.91 Å². The molecule has 1 saturated heterocycles. The summed E-state index contributed by atoms with van der Waals surface area (Å²) in [7, 11) is 0. The third kappa shape index (κ3) is 4.04. The molecular formula is C20H27FN2O2. The average molecular weight is 346 g/mol. The zero-order valence-corrected chi connectivity index (χ0v) is 14.9. The van der Waals surface area contributed by atoms with Gasteiger partial charge in [0.15, 0.2) is 0 Å². The maximum Gasteiger partial charge on any atom is 0.237 e. The van der Waals surface area contributed by atoms with Gasteiger partial charge in [-0.2, -0.15) is 0 Å². The highest BCUT2D eigenvalue weighted by molar-refractivity contribution is 5.79. The highest BCUT2D eigenvalue weighted by Gasteiger charge is 2.42. The molecule has 2 atom stereocenters. The van der Waals surface area contributed by atoms with Gasteiger partial charge < -0.3 is 9.64 Å². The lowest BCUT2D eigenvalue weighted by molar-refractivity contribution is -0.137. The van der Waals surface area contributed by atoms with Gasteiger partial charge >= 0.3 is 0 Å². The number of hydrogen-bond donors (Lipinski definition) is 0. The van der Waals surface area contributed by atoms with E-state index in [-0.39, 0.29) is 17.8 Å². The van der Waals surface area contributed by atoms with Crippen LogP contribution in [-0.2, 0) is 9.53 Å². The molecule has 0 unspecified atom stereocenters. The van der Waals surface area contributed by atoms with E-state index in [1.807, 2.05) is 0 Å². The van der Waals surface area contributed by atoms with Crippen molar-refractivity contribution in [2.24, 2.45) is 5.92 Å². The number of benzene rings is 1. The first kappa shape index (κ1) is 17.0. The first-order valence-electron chi connectivity index (χ1n) is 9.52. The fourth-order valence-electron chi connectivity index (χ4n) is 3.92. The Bertz CT molecular complexity index is 613. The van der Waals surface area contributed by atoms with Crippen LogP contribution in [0.1, 0.15) is 44.3 Å². The van der Waals surface area contributed by atoms with E-state index in [4.69, 9.17) is 4.74 Å².